The first-order valence-corrected chi connectivity index (χ1v) is 13.5. The van der Waals surface area contributed by atoms with Crippen LogP contribution in [0.3, 0.4) is 0 Å². The van der Waals surface area contributed by atoms with Crippen LogP contribution in [0, 0.1) is 0 Å². The number of halogens is 2. The average Bonchev–Trinajstić information content (AvgIpc) is 2.75. The van der Waals surface area contributed by atoms with Crippen LogP contribution in [0.1, 0.15) is 53.4 Å². The summed E-state index contributed by atoms with van der Waals surface area (Å²) in [6.45, 7) is 8.13. The van der Waals surface area contributed by atoms with Crippen molar-refractivity contribution in [1.29, 1.82) is 0 Å². The van der Waals surface area contributed by atoms with E-state index >= 15 is 0 Å². The maximum Gasteiger partial charge on any atom is 0.700 e. The van der Waals surface area contributed by atoms with E-state index in [1.165, 1.54) is 0 Å². The summed E-state index contributed by atoms with van der Waals surface area (Å²) >= 11 is 15.1. The Hall–Kier alpha value is -0.260. The molecule has 0 N–H and O–H groups in total. The number of hydrogen-bond acceptors (Lipinski definition) is 5. The molecule has 0 aliphatic carbocycles. The van der Waals surface area contributed by atoms with Crippen molar-refractivity contribution in [1.82, 2.24) is 0 Å². The van der Waals surface area contributed by atoms with E-state index in [9.17, 15) is 4.57 Å². The third-order valence-electron chi connectivity index (χ3n) is 4.87. The van der Waals surface area contributed by atoms with Gasteiger partial charge in [-0.05, 0) is 74.2 Å². The Kier molecular flexibility index (Phi) is 10.5. The SMILES string of the molecule is CCC(CC)(O[P+](=O)OC(CC)(CC)Sc1ccc(Cl)cc1)Sc1ccc(Cl)cc1. The van der Waals surface area contributed by atoms with E-state index in [2.05, 4.69) is 0 Å². The van der Waals surface area contributed by atoms with Crippen molar-refractivity contribution in [3.05, 3.63) is 58.6 Å². The maximum atomic E-state index is 13.0. The fourth-order valence-corrected chi connectivity index (χ4v) is 6.80. The van der Waals surface area contributed by atoms with Crippen molar-refractivity contribution >= 4 is 55.0 Å². The molecule has 0 radical (unpaired) electrons. The molecule has 2 aromatic rings. The van der Waals surface area contributed by atoms with E-state index in [0.717, 1.165) is 9.79 Å². The van der Waals surface area contributed by atoms with Gasteiger partial charge in [0, 0.05) is 24.4 Å². The van der Waals surface area contributed by atoms with E-state index in [0.29, 0.717) is 35.7 Å². The molecule has 3 nitrogen and oxygen atoms in total. The summed E-state index contributed by atoms with van der Waals surface area (Å²) in [6.07, 6.45) is 2.77. The van der Waals surface area contributed by atoms with Crippen molar-refractivity contribution in [2.75, 3.05) is 0 Å². The van der Waals surface area contributed by atoms with Gasteiger partial charge in [-0.15, -0.1) is 9.05 Å². The van der Waals surface area contributed by atoms with Gasteiger partial charge in [0.2, 0.25) is 0 Å². The number of rotatable bonds is 12. The summed E-state index contributed by atoms with van der Waals surface area (Å²) in [5.41, 5.74) is 0. The monoisotopic (exact) mass is 505 g/mol. The van der Waals surface area contributed by atoms with Crippen LogP contribution >= 0.6 is 55.0 Å². The Bertz CT molecular complexity index is 741. The maximum absolute atomic E-state index is 13.0. The minimum Gasteiger partial charge on any atom is -0.101 e. The van der Waals surface area contributed by atoms with Crippen LogP contribution < -0.4 is 0 Å². The summed E-state index contributed by atoms with van der Waals surface area (Å²) in [4.78, 5) is 0.748. The third-order valence-corrected chi connectivity index (χ3v) is 9.70. The quantitative estimate of drug-likeness (QED) is 0.163. The second-order valence-electron chi connectivity index (χ2n) is 6.75. The molecule has 164 valence electrons. The van der Waals surface area contributed by atoms with E-state index < -0.39 is 18.1 Å². The molecule has 30 heavy (non-hydrogen) atoms. The van der Waals surface area contributed by atoms with Crippen molar-refractivity contribution < 1.29 is 13.6 Å². The number of thioether (sulfide) groups is 2. The Morgan fingerprint density at radius 1 is 0.700 bits per heavy atom. The number of benzene rings is 2. The van der Waals surface area contributed by atoms with Crippen molar-refractivity contribution in [3.63, 3.8) is 0 Å². The molecule has 0 spiro atoms. The van der Waals surface area contributed by atoms with Gasteiger partial charge in [-0.1, -0.05) is 74.4 Å². The molecule has 0 aliphatic rings. The second kappa shape index (κ2) is 12.1. The molecule has 0 aliphatic heterocycles. The van der Waals surface area contributed by atoms with Crippen LogP contribution in [-0.4, -0.2) is 9.87 Å². The minimum absolute atomic E-state index is 0.639. The zero-order valence-electron chi connectivity index (χ0n) is 17.7. The van der Waals surface area contributed by atoms with Gasteiger partial charge >= 0.3 is 8.25 Å². The molecule has 0 bridgehead atoms. The molecule has 0 fully saturated rings. The first-order chi connectivity index (χ1) is 14.3. The van der Waals surface area contributed by atoms with Crippen LogP contribution in [0.15, 0.2) is 58.3 Å². The van der Waals surface area contributed by atoms with E-state index in [1.807, 2.05) is 76.2 Å². The highest BCUT2D eigenvalue weighted by atomic mass is 35.5. The van der Waals surface area contributed by atoms with Gasteiger partial charge in [0.05, 0.1) is 0 Å². The highest BCUT2D eigenvalue weighted by Crippen LogP contribution is 2.51. The standard InChI is InChI=1S/C22H28Cl2O3PS2/c1-5-21(6-2,29-19-13-9-17(23)10-14-19)26-28(25)27-22(7-3,8-4)30-20-15-11-18(24)12-16-20/h9-16H,5-8H2,1-4H3/q+1. The first-order valence-electron chi connectivity index (χ1n) is 10.0. The fraction of sp³-hybridized carbons (Fsp3) is 0.455. The lowest BCUT2D eigenvalue weighted by Crippen LogP contribution is -2.28. The lowest BCUT2D eigenvalue weighted by molar-refractivity contribution is 0.0881. The topological polar surface area (TPSA) is 35.5 Å². The molecule has 2 rings (SSSR count). The minimum atomic E-state index is -2.33. The van der Waals surface area contributed by atoms with E-state index in [4.69, 9.17) is 32.2 Å². The predicted octanol–water partition coefficient (Wildman–Crippen LogP) is 9.60. The smallest absolute Gasteiger partial charge is 0.101 e. The highest BCUT2D eigenvalue weighted by Gasteiger charge is 2.46. The van der Waals surface area contributed by atoms with Crippen LogP contribution in [0.2, 0.25) is 10.0 Å². The summed E-state index contributed by atoms with van der Waals surface area (Å²) in [6, 6.07) is 15.2. The Labute approximate surface area is 199 Å². The molecule has 0 atom stereocenters. The number of hydrogen-bond donors (Lipinski definition) is 0. The molecular weight excluding hydrogens is 478 g/mol. The van der Waals surface area contributed by atoms with Crippen molar-refractivity contribution in [2.45, 2.75) is 73.0 Å². The van der Waals surface area contributed by atoms with Gasteiger partial charge in [0.1, 0.15) is 0 Å². The summed E-state index contributed by atoms with van der Waals surface area (Å²) in [7, 11) is -2.33. The summed E-state index contributed by atoms with van der Waals surface area (Å²) < 4.78 is 25.2. The molecular formula is C22H28Cl2O3PS2+. The zero-order valence-corrected chi connectivity index (χ0v) is 21.7. The molecule has 0 saturated carbocycles. The van der Waals surface area contributed by atoms with Gasteiger partial charge < -0.3 is 0 Å². The Balaban J connectivity index is 2.14. The summed E-state index contributed by atoms with van der Waals surface area (Å²) in [5.74, 6) is 0. The van der Waals surface area contributed by atoms with E-state index in [-0.39, 0.29) is 0 Å². The molecule has 2 aromatic carbocycles. The zero-order chi connectivity index (χ0) is 22.2. The molecule has 0 aromatic heterocycles. The highest BCUT2D eigenvalue weighted by molar-refractivity contribution is 8.01. The average molecular weight is 506 g/mol. The van der Waals surface area contributed by atoms with Gasteiger partial charge in [-0.3, -0.25) is 0 Å². The first kappa shape index (κ1) is 26.0. The fourth-order valence-electron chi connectivity index (χ4n) is 2.81. The van der Waals surface area contributed by atoms with Crippen LogP contribution in [0.4, 0.5) is 0 Å². The second-order valence-corrected chi connectivity index (χ2v) is 11.3. The normalized spacial score (nSPS) is 12.2. The van der Waals surface area contributed by atoms with Crippen LogP contribution in [0.25, 0.3) is 0 Å². The Morgan fingerprint density at radius 2 is 1.00 bits per heavy atom. The molecule has 0 unspecified atom stereocenters. The largest absolute Gasteiger partial charge is 0.700 e. The van der Waals surface area contributed by atoms with Gasteiger partial charge in [0.15, 0.2) is 9.87 Å². The molecule has 8 heteroatoms. The lowest BCUT2D eigenvalue weighted by Gasteiger charge is -2.27. The lowest BCUT2D eigenvalue weighted by atomic mass is 10.2. The molecule has 0 amide bonds. The molecule has 0 saturated heterocycles. The van der Waals surface area contributed by atoms with Gasteiger partial charge in [-0.2, -0.15) is 0 Å². The van der Waals surface area contributed by atoms with Crippen LogP contribution in [-0.2, 0) is 13.6 Å². The van der Waals surface area contributed by atoms with E-state index in [1.54, 1.807) is 23.5 Å². The van der Waals surface area contributed by atoms with Crippen LogP contribution in [0.5, 0.6) is 0 Å². The predicted molar refractivity (Wildman–Crippen MR) is 131 cm³/mol. The summed E-state index contributed by atoms with van der Waals surface area (Å²) in [5, 5.41) is 1.37. The van der Waals surface area contributed by atoms with Gasteiger partial charge in [-0.25, -0.2) is 0 Å². The third kappa shape index (κ3) is 7.41. The Morgan fingerprint density at radius 3 is 1.27 bits per heavy atom. The van der Waals surface area contributed by atoms with Crippen molar-refractivity contribution in [3.8, 4) is 0 Å². The van der Waals surface area contributed by atoms with Gasteiger partial charge in [0.25, 0.3) is 0 Å². The van der Waals surface area contributed by atoms with Crippen molar-refractivity contribution in [2.24, 2.45) is 0 Å². The molecule has 0 heterocycles.